The van der Waals surface area contributed by atoms with Crippen molar-refractivity contribution in [3.8, 4) is 0 Å². The zero-order valence-corrected chi connectivity index (χ0v) is 14.6. The molecule has 1 aromatic heterocycles. The van der Waals surface area contributed by atoms with E-state index in [9.17, 15) is 13.6 Å². The second-order valence-corrected chi connectivity index (χ2v) is 5.67. The number of nitrogens with one attached hydrogen (secondary N) is 2. The minimum atomic E-state index is -0.955. The number of hydrogen-bond acceptors (Lipinski definition) is 6. The molecule has 8 heteroatoms. The van der Waals surface area contributed by atoms with Crippen LogP contribution >= 0.6 is 0 Å². The molecule has 0 aliphatic heterocycles. The Labute approximate surface area is 154 Å². The minimum Gasteiger partial charge on any atom is -0.465 e. The third kappa shape index (κ3) is 4.55. The summed E-state index contributed by atoms with van der Waals surface area (Å²) in [6.07, 6.45) is 0. The van der Waals surface area contributed by atoms with Gasteiger partial charge in [0.15, 0.2) is 11.6 Å². The number of rotatable bonds is 5. The van der Waals surface area contributed by atoms with Crippen molar-refractivity contribution in [2.75, 3.05) is 17.7 Å². The lowest BCUT2D eigenvalue weighted by Crippen LogP contribution is -2.04. The molecular weight excluding hydrogens is 354 g/mol. The molecule has 0 fully saturated rings. The van der Waals surface area contributed by atoms with Crippen molar-refractivity contribution in [1.29, 1.82) is 0 Å². The van der Waals surface area contributed by atoms with Crippen molar-refractivity contribution in [3.63, 3.8) is 0 Å². The molecule has 1 heterocycles. The minimum absolute atomic E-state index is 0.280. The second-order valence-electron chi connectivity index (χ2n) is 5.67. The van der Waals surface area contributed by atoms with Gasteiger partial charge in [-0.1, -0.05) is 6.07 Å². The fraction of sp³-hybridized carbons (Fsp3) is 0.105. The van der Waals surface area contributed by atoms with E-state index in [1.807, 2.05) is 0 Å². The van der Waals surface area contributed by atoms with Gasteiger partial charge in [0.2, 0.25) is 5.95 Å². The van der Waals surface area contributed by atoms with Gasteiger partial charge in [-0.05, 0) is 37.3 Å². The molecule has 0 atom stereocenters. The van der Waals surface area contributed by atoms with E-state index in [1.165, 1.54) is 13.2 Å². The van der Waals surface area contributed by atoms with Crippen LogP contribution in [0.15, 0.2) is 48.5 Å². The fourth-order valence-electron chi connectivity index (χ4n) is 2.38. The van der Waals surface area contributed by atoms with Gasteiger partial charge in [0.05, 0.1) is 12.7 Å². The van der Waals surface area contributed by atoms with Gasteiger partial charge < -0.3 is 15.4 Å². The molecule has 0 saturated heterocycles. The Bertz CT molecular complexity index is 995. The Balaban J connectivity index is 1.83. The smallest absolute Gasteiger partial charge is 0.337 e. The van der Waals surface area contributed by atoms with Crippen LogP contribution in [-0.4, -0.2) is 23.0 Å². The standard InChI is InChI=1S/C19H16F2N4O2/c1-11-8-17(23-14-6-7-15(20)16(21)10-14)25-19(22-11)24-13-5-3-4-12(9-13)18(26)27-2/h3-10H,1-2H3,(H2,22,23,24,25). The number of nitrogens with zero attached hydrogens (tertiary/aromatic N) is 2. The third-order valence-electron chi connectivity index (χ3n) is 3.59. The molecule has 3 aromatic rings. The largest absolute Gasteiger partial charge is 0.465 e. The highest BCUT2D eigenvalue weighted by Gasteiger charge is 2.09. The first-order valence-corrected chi connectivity index (χ1v) is 7.98. The first-order valence-electron chi connectivity index (χ1n) is 7.98. The Morgan fingerprint density at radius 3 is 2.48 bits per heavy atom. The van der Waals surface area contributed by atoms with E-state index in [0.717, 1.165) is 12.1 Å². The van der Waals surface area contributed by atoms with E-state index in [1.54, 1.807) is 37.3 Å². The quantitative estimate of drug-likeness (QED) is 0.651. The molecule has 27 heavy (non-hydrogen) atoms. The lowest BCUT2D eigenvalue weighted by Gasteiger charge is -2.11. The van der Waals surface area contributed by atoms with Crippen LogP contribution < -0.4 is 10.6 Å². The highest BCUT2D eigenvalue weighted by molar-refractivity contribution is 5.90. The average Bonchev–Trinajstić information content (AvgIpc) is 2.64. The molecule has 0 unspecified atom stereocenters. The van der Waals surface area contributed by atoms with E-state index in [-0.39, 0.29) is 5.95 Å². The lowest BCUT2D eigenvalue weighted by molar-refractivity contribution is 0.0601. The summed E-state index contributed by atoms with van der Waals surface area (Å²) < 4.78 is 31.1. The first kappa shape index (κ1) is 18.2. The molecule has 2 N–H and O–H groups in total. The van der Waals surface area contributed by atoms with Crippen LogP contribution in [0.4, 0.5) is 31.9 Å². The Kier molecular flexibility index (Phi) is 5.25. The molecule has 0 spiro atoms. The Hall–Kier alpha value is -3.55. The summed E-state index contributed by atoms with van der Waals surface area (Å²) in [5, 5.41) is 5.91. The maximum Gasteiger partial charge on any atom is 0.337 e. The van der Waals surface area contributed by atoms with Crippen LogP contribution in [0.25, 0.3) is 0 Å². The number of carbonyl (C=O) groups is 1. The lowest BCUT2D eigenvalue weighted by atomic mass is 10.2. The summed E-state index contributed by atoms with van der Waals surface area (Å²) in [5.41, 5.74) is 1.99. The monoisotopic (exact) mass is 370 g/mol. The molecule has 0 radical (unpaired) electrons. The van der Waals surface area contributed by atoms with E-state index in [0.29, 0.717) is 28.5 Å². The van der Waals surface area contributed by atoms with Gasteiger partial charge >= 0.3 is 5.97 Å². The van der Waals surface area contributed by atoms with E-state index >= 15 is 0 Å². The topological polar surface area (TPSA) is 76.1 Å². The normalized spacial score (nSPS) is 10.4. The summed E-state index contributed by atoms with van der Waals surface area (Å²) in [6, 6.07) is 11.8. The molecule has 0 saturated carbocycles. The molecule has 6 nitrogen and oxygen atoms in total. The number of anilines is 4. The zero-order chi connectivity index (χ0) is 19.4. The van der Waals surface area contributed by atoms with Crippen LogP contribution in [0.5, 0.6) is 0 Å². The summed E-state index contributed by atoms with van der Waals surface area (Å²) in [4.78, 5) is 20.2. The third-order valence-corrected chi connectivity index (χ3v) is 3.59. The number of aromatic nitrogens is 2. The molecule has 3 rings (SSSR count). The molecule has 0 aliphatic carbocycles. The highest BCUT2D eigenvalue weighted by atomic mass is 19.2. The van der Waals surface area contributed by atoms with Gasteiger partial charge in [-0.3, -0.25) is 0 Å². The van der Waals surface area contributed by atoms with Crippen LogP contribution in [0.1, 0.15) is 16.1 Å². The van der Waals surface area contributed by atoms with E-state index in [2.05, 4.69) is 20.6 Å². The average molecular weight is 370 g/mol. The highest BCUT2D eigenvalue weighted by Crippen LogP contribution is 2.21. The summed E-state index contributed by atoms with van der Waals surface area (Å²) in [6.45, 7) is 1.77. The summed E-state index contributed by atoms with van der Waals surface area (Å²) in [5.74, 6) is -1.65. The van der Waals surface area contributed by atoms with Crippen LogP contribution in [-0.2, 0) is 4.74 Å². The van der Waals surface area contributed by atoms with E-state index < -0.39 is 17.6 Å². The molecule has 0 aliphatic rings. The SMILES string of the molecule is COC(=O)c1cccc(Nc2nc(C)cc(Nc3ccc(F)c(F)c3)n2)c1. The predicted molar refractivity (Wildman–Crippen MR) is 97.5 cm³/mol. The van der Waals surface area contributed by atoms with Gasteiger partial charge in [-0.2, -0.15) is 4.98 Å². The maximum atomic E-state index is 13.4. The molecule has 0 bridgehead atoms. The van der Waals surface area contributed by atoms with E-state index in [4.69, 9.17) is 4.74 Å². The number of aryl methyl sites for hydroxylation is 1. The molecular formula is C19H16F2N4O2. The molecule has 0 amide bonds. The summed E-state index contributed by atoms with van der Waals surface area (Å²) >= 11 is 0. The predicted octanol–water partition coefficient (Wildman–Crippen LogP) is 4.34. The van der Waals surface area contributed by atoms with Gasteiger partial charge in [0.25, 0.3) is 0 Å². The summed E-state index contributed by atoms with van der Waals surface area (Å²) in [7, 11) is 1.31. The van der Waals surface area contributed by atoms with Crippen molar-refractivity contribution in [3.05, 3.63) is 71.4 Å². The molecule has 2 aromatic carbocycles. The van der Waals surface area contributed by atoms with Gasteiger partial charge in [-0.15, -0.1) is 0 Å². The number of methoxy groups -OCH3 is 1. The van der Waals surface area contributed by atoms with Crippen molar-refractivity contribution >= 4 is 29.1 Å². The number of esters is 1. The van der Waals surface area contributed by atoms with Crippen LogP contribution in [0, 0.1) is 18.6 Å². The first-order chi connectivity index (χ1) is 12.9. The van der Waals surface area contributed by atoms with Gasteiger partial charge in [0, 0.05) is 29.2 Å². The van der Waals surface area contributed by atoms with Crippen molar-refractivity contribution in [1.82, 2.24) is 9.97 Å². The van der Waals surface area contributed by atoms with Gasteiger partial charge in [-0.25, -0.2) is 18.6 Å². The maximum absolute atomic E-state index is 13.4. The number of benzene rings is 2. The molecule has 138 valence electrons. The number of carbonyl (C=O) groups excluding carboxylic acids is 1. The van der Waals surface area contributed by atoms with Gasteiger partial charge in [0.1, 0.15) is 5.82 Å². The second kappa shape index (κ2) is 7.77. The Morgan fingerprint density at radius 1 is 0.963 bits per heavy atom. The number of halogens is 2. The number of hydrogen-bond donors (Lipinski definition) is 2. The number of ether oxygens (including phenoxy) is 1. The van der Waals surface area contributed by atoms with Crippen molar-refractivity contribution < 1.29 is 18.3 Å². The Morgan fingerprint density at radius 2 is 1.74 bits per heavy atom. The van der Waals surface area contributed by atoms with Crippen LogP contribution in [0.3, 0.4) is 0 Å². The van der Waals surface area contributed by atoms with Crippen LogP contribution in [0.2, 0.25) is 0 Å². The van der Waals surface area contributed by atoms with Crippen molar-refractivity contribution in [2.24, 2.45) is 0 Å². The zero-order valence-electron chi connectivity index (χ0n) is 14.6. The van der Waals surface area contributed by atoms with Crippen molar-refractivity contribution in [2.45, 2.75) is 6.92 Å². The fourth-order valence-corrected chi connectivity index (χ4v) is 2.38.